The zero-order chi connectivity index (χ0) is 14.8. The van der Waals surface area contributed by atoms with Gasteiger partial charge in [0.25, 0.3) is 0 Å². The molecule has 4 aliphatic rings. The first-order valence-corrected chi connectivity index (χ1v) is 8.98. The third kappa shape index (κ3) is 1.98. The van der Waals surface area contributed by atoms with E-state index in [1.54, 1.807) is 5.57 Å². The van der Waals surface area contributed by atoms with Crippen LogP contribution < -0.4 is 0 Å². The van der Waals surface area contributed by atoms with Gasteiger partial charge in [-0.2, -0.15) is 0 Å². The summed E-state index contributed by atoms with van der Waals surface area (Å²) >= 11 is 0. The molecular weight excluding hydrogens is 260 g/mol. The molecule has 0 aromatic carbocycles. The lowest BCUT2D eigenvalue weighted by atomic mass is 9.48. The smallest absolute Gasteiger partial charge is 0.0577 e. The van der Waals surface area contributed by atoms with Gasteiger partial charge in [0.05, 0.1) is 12.2 Å². The van der Waals surface area contributed by atoms with Crippen LogP contribution in [0.2, 0.25) is 0 Å². The normalized spacial score (nSPS) is 56.2. The minimum Gasteiger partial charge on any atom is -0.393 e. The highest BCUT2D eigenvalue weighted by Crippen LogP contribution is 2.64. The van der Waals surface area contributed by atoms with E-state index in [0.29, 0.717) is 16.7 Å². The number of allylic oxidation sites excluding steroid dienone is 1. The first kappa shape index (κ1) is 14.3. The van der Waals surface area contributed by atoms with E-state index in [1.165, 1.54) is 19.3 Å². The first-order chi connectivity index (χ1) is 9.92. The van der Waals surface area contributed by atoms with Crippen molar-refractivity contribution in [3.05, 3.63) is 11.6 Å². The van der Waals surface area contributed by atoms with Gasteiger partial charge in [-0.15, -0.1) is 0 Å². The summed E-state index contributed by atoms with van der Waals surface area (Å²) in [7, 11) is 0. The Labute approximate surface area is 128 Å². The van der Waals surface area contributed by atoms with Crippen LogP contribution in [-0.2, 0) is 0 Å². The van der Waals surface area contributed by atoms with E-state index in [2.05, 4.69) is 19.9 Å². The summed E-state index contributed by atoms with van der Waals surface area (Å²) < 4.78 is 0. The molecule has 7 atom stereocenters. The monoisotopic (exact) mass is 290 g/mol. The predicted molar refractivity (Wildman–Crippen MR) is 83.7 cm³/mol. The highest BCUT2D eigenvalue weighted by Gasteiger charge is 2.57. The zero-order valence-electron chi connectivity index (χ0n) is 13.5. The molecule has 4 aliphatic carbocycles. The van der Waals surface area contributed by atoms with Crippen LogP contribution >= 0.6 is 0 Å². The molecule has 2 nitrogen and oxygen atoms in total. The van der Waals surface area contributed by atoms with Crippen molar-refractivity contribution in [2.45, 2.75) is 77.4 Å². The molecular formula is C19H30O2. The van der Waals surface area contributed by atoms with Gasteiger partial charge in [0.2, 0.25) is 0 Å². The number of rotatable bonds is 0. The molecule has 2 heteroatoms. The van der Waals surface area contributed by atoms with Crippen molar-refractivity contribution in [1.29, 1.82) is 0 Å². The summed E-state index contributed by atoms with van der Waals surface area (Å²) in [6, 6.07) is 0. The lowest BCUT2D eigenvalue weighted by Crippen LogP contribution is -2.49. The number of fused-ring (bicyclic) bond motifs is 5. The first-order valence-electron chi connectivity index (χ1n) is 8.98. The zero-order valence-corrected chi connectivity index (χ0v) is 13.5. The van der Waals surface area contributed by atoms with Crippen LogP contribution in [0.1, 0.15) is 65.2 Å². The second-order valence-corrected chi connectivity index (χ2v) is 8.94. The van der Waals surface area contributed by atoms with Crippen LogP contribution in [0.5, 0.6) is 0 Å². The summed E-state index contributed by atoms with van der Waals surface area (Å²) in [6.45, 7) is 4.89. The second kappa shape index (κ2) is 4.58. The van der Waals surface area contributed by atoms with Crippen LogP contribution in [0.4, 0.5) is 0 Å². The number of aliphatic hydroxyl groups is 2. The Morgan fingerprint density at radius 2 is 1.86 bits per heavy atom. The second-order valence-electron chi connectivity index (χ2n) is 8.94. The Hall–Kier alpha value is -0.340. The van der Waals surface area contributed by atoms with Crippen LogP contribution in [0.15, 0.2) is 11.6 Å². The van der Waals surface area contributed by atoms with E-state index in [1.807, 2.05) is 0 Å². The quantitative estimate of drug-likeness (QED) is 0.668. The van der Waals surface area contributed by atoms with Crippen molar-refractivity contribution in [2.75, 3.05) is 0 Å². The molecule has 0 aliphatic heterocycles. The molecule has 0 unspecified atom stereocenters. The summed E-state index contributed by atoms with van der Waals surface area (Å²) in [6.07, 6.45) is 11.2. The summed E-state index contributed by atoms with van der Waals surface area (Å²) in [5.74, 6) is 2.27. The van der Waals surface area contributed by atoms with E-state index in [-0.39, 0.29) is 12.2 Å². The molecule has 4 rings (SSSR count). The van der Waals surface area contributed by atoms with Crippen LogP contribution in [0, 0.1) is 28.6 Å². The maximum Gasteiger partial charge on any atom is 0.0577 e. The lowest BCUT2D eigenvalue weighted by molar-refractivity contribution is -0.0360. The fraction of sp³-hybridized carbons (Fsp3) is 0.895. The average molecular weight is 290 g/mol. The molecule has 0 amide bonds. The highest BCUT2D eigenvalue weighted by atomic mass is 16.3. The van der Waals surface area contributed by atoms with E-state index in [4.69, 9.17) is 0 Å². The van der Waals surface area contributed by atoms with E-state index >= 15 is 0 Å². The van der Waals surface area contributed by atoms with Gasteiger partial charge in [0.15, 0.2) is 0 Å². The number of hydrogen-bond acceptors (Lipinski definition) is 2. The largest absolute Gasteiger partial charge is 0.393 e. The van der Waals surface area contributed by atoms with Crippen LogP contribution in [0.3, 0.4) is 0 Å². The van der Waals surface area contributed by atoms with Gasteiger partial charge in [-0.25, -0.2) is 0 Å². The topological polar surface area (TPSA) is 40.5 Å². The van der Waals surface area contributed by atoms with Crippen molar-refractivity contribution in [1.82, 2.24) is 0 Å². The predicted octanol–water partition coefficient (Wildman–Crippen LogP) is 3.67. The third-order valence-corrected chi connectivity index (χ3v) is 7.82. The lowest BCUT2D eigenvalue weighted by Gasteiger charge is -2.57. The maximum atomic E-state index is 10.2. The summed E-state index contributed by atoms with van der Waals surface area (Å²) in [5.41, 5.74) is 2.26. The molecule has 3 fully saturated rings. The number of hydrogen-bond donors (Lipinski definition) is 2. The Morgan fingerprint density at radius 1 is 1.05 bits per heavy atom. The molecule has 0 spiro atoms. The SMILES string of the molecule is C[C@]12CC[C@H]3[C@@H](CC=C4C[C@@H](O)CC[C@@]43C)[C@@H]1C[C@H](O)C2. The molecule has 0 aromatic heterocycles. The van der Waals surface area contributed by atoms with Gasteiger partial charge in [0, 0.05) is 0 Å². The van der Waals surface area contributed by atoms with Crippen molar-refractivity contribution in [3.63, 3.8) is 0 Å². The Bertz CT molecular complexity index is 470. The van der Waals surface area contributed by atoms with Crippen molar-refractivity contribution in [3.8, 4) is 0 Å². The van der Waals surface area contributed by atoms with Gasteiger partial charge < -0.3 is 10.2 Å². The Kier molecular flexibility index (Phi) is 3.11. The highest BCUT2D eigenvalue weighted by molar-refractivity contribution is 5.25. The average Bonchev–Trinajstić information content (AvgIpc) is 2.74. The summed E-state index contributed by atoms with van der Waals surface area (Å²) in [5, 5.41) is 20.2. The van der Waals surface area contributed by atoms with E-state index in [0.717, 1.165) is 43.9 Å². The van der Waals surface area contributed by atoms with Crippen molar-refractivity contribution in [2.24, 2.45) is 28.6 Å². The molecule has 2 N–H and O–H groups in total. The van der Waals surface area contributed by atoms with Gasteiger partial charge in [-0.3, -0.25) is 0 Å². The minimum absolute atomic E-state index is 0.0647. The molecule has 0 saturated heterocycles. The maximum absolute atomic E-state index is 10.2. The van der Waals surface area contributed by atoms with Crippen molar-refractivity contribution >= 4 is 0 Å². The van der Waals surface area contributed by atoms with Crippen molar-refractivity contribution < 1.29 is 10.2 Å². The molecule has 0 radical (unpaired) electrons. The third-order valence-electron chi connectivity index (χ3n) is 7.82. The Morgan fingerprint density at radius 3 is 2.67 bits per heavy atom. The molecule has 0 bridgehead atoms. The molecule has 21 heavy (non-hydrogen) atoms. The standard InChI is InChI=1S/C19H30O2/c1-18-7-6-16-15(17(18)10-14(21)11-18)4-3-12-9-13(20)5-8-19(12,16)2/h3,13-17,20-21H,4-11H2,1-2H3/t13-,14-,15+,16-,17-,18+,19-/m0/s1. The van der Waals surface area contributed by atoms with Crippen LogP contribution in [0.25, 0.3) is 0 Å². The van der Waals surface area contributed by atoms with Gasteiger partial charge >= 0.3 is 0 Å². The molecule has 0 heterocycles. The fourth-order valence-electron chi connectivity index (χ4n) is 6.66. The Balaban J connectivity index is 1.67. The van der Waals surface area contributed by atoms with E-state index in [9.17, 15) is 10.2 Å². The van der Waals surface area contributed by atoms with Crippen LogP contribution in [-0.4, -0.2) is 22.4 Å². The molecule has 118 valence electrons. The van der Waals surface area contributed by atoms with Gasteiger partial charge in [-0.05, 0) is 80.0 Å². The minimum atomic E-state index is -0.108. The molecule has 3 saturated carbocycles. The van der Waals surface area contributed by atoms with Gasteiger partial charge in [0.1, 0.15) is 0 Å². The summed E-state index contributed by atoms with van der Waals surface area (Å²) in [4.78, 5) is 0. The number of aliphatic hydroxyl groups excluding tert-OH is 2. The van der Waals surface area contributed by atoms with Gasteiger partial charge in [-0.1, -0.05) is 25.5 Å². The van der Waals surface area contributed by atoms with E-state index < -0.39 is 0 Å². The molecule has 0 aromatic rings. The fourth-order valence-corrected chi connectivity index (χ4v) is 6.66.